The molecule has 39 heavy (non-hydrogen) atoms. The van der Waals surface area contributed by atoms with Gasteiger partial charge in [-0.1, -0.05) is 41.6 Å². The highest BCUT2D eigenvalue weighted by Gasteiger charge is 2.32. The second-order valence-corrected chi connectivity index (χ2v) is 9.17. The Bertz CT molecular complexity index is 1580. The zero-order valence-corrected chi connectivity index (χ0v) is 21.0. The highest BCUT2D eigenvalue weighted by molar-refractivity contribution is 6.61. The molecule has 194 valence electrons. The Labute approximate surface area is 224 Å². The second-order valence-electron chi connectivity index (χ2n) is 9.17. The van der Waals surface area contributed by atoms with Crippen molar-refractivity contribution in [3.63, 3.8) is 0 Å². The van der Waals surface area contributed by atoms with Crippen LogP contribution < -0.4 is 16.1 Å². The van der Waals surface area contributed by atoms with Gasteiger partial charge in [-0.2, -0.15) is 4.98 Å². The van der Waals surface area contributed by atoms with Crippen molar-refractivity contribution in [3.05, 3.63) is 96.4 Å². The average molecular weight is 520 g/mol. The van der Waals surface area contributed by atoms with E-state index in [1.165, 1.54) is 0 Å². The Morgan fingerprint density at radius 2 is 1.92 bits per heavy atom. The van der Waals surface area contributed by atoms with E-state index >= 15 is 0 Å². The smallest absolute Gasteiger partial charge is 0.423 e. The van der Waals surface area contributed by atoms with Gasteiger partial charge in [-0.05, 0) is 47.8 Å². The first-order valence-corrected chi connectivity index (χ1v) is 12.5. The Morgan fingerprint density at radius 3 is 2.72 bits per heavy atom. The summed E-state index contributed by atoms with van der Waals surface area (Å²) in [6, 6.07) is 20.4. The topological polar surface area (TPSA) is 138 Å². The van der Waals surface area contributed by atoms with Gasteiger partial charge in [-0.15, -0.1) is 0 Å². The number of fused-ring (bicyclic) bond motifs is 1. The third-order valence-corrected chi connectivity index (χ3v) is 6.59. The van der Waals surface area contributed by atoms with E-state index in [2.05, 4.69) is 30.7 Å². The predicted octanol–water partition coefficient (Wildman–Crippen LogP) is 3.86. The quantitative estimate of drug-likeness (QED) is 0.223. The van der Waals surface area contributed by atoms with Crippen LogP contribution in [0.15, 0.2) is 89.8 Å². The van der Waals surface area contributed by atoms with Gasteiger partial charge in [0.05, 0.1) is 30.0 Å². The summed E-state index contributed by atoms with van der Waals surface area (Å²) in [5, 5.41) is 31.1. The second kappa shape index (κ2) is 10.7. The number of anilines is 3. The first-order valence-electron chi connectivity index (χ1n) is 12.5. The molecule has 0 amide bonds. The molecule has 10 nitrogen and oxygen atoms in total. The maximum atomic E-state index is 10.2. The van der Waals surface area contributed by atoms with Crippen molar-refractivity contribution in [2.45, 2.75) is 19.1 Å². The van der Waals surface area contributed by atoms with E-state index in [1.54, 1.807) is 24.7 Å². The molecule has 6 rings (SSSR count). The molecule has 3 aromatic heterocycles. The fourth-order valence-corrected chi connectivity index (χ4v) is 4.58. The number of nitrogens with zero attached hydrogens (tertiary/aromatic N) is 4. The first kappa shape index (κ1) is 24.7. The van der Waals surface area contributed by atoms with E-state index in [0.717, 1.165) is 27.8 Å². The molecule has 11 heteroatoms. The Hall–Kier alpha value is -4.58. The van der Waals surface area contributed by atoms with Gasteiger partial charge >= 0.3 is 7.12 Å². The van der Waals surface area contributed by atoms with Gasteiger partial charge in [0.25, 0.3) is 5.89 Å². The van der Waals surface area contributed by atoms with E-state index in [9.17, 15) is 10.1 Å². The maximum Gasteiger partial charge on any atom is 0.491 e. The molecule has 1 aliphatic heterocycles. The molecule has 0 fully saturated rings. The maximum absolute atomic E-state index is 10.2. The monoisotopic (exact) mass is 520 g/mol. The van der Waals surface area contributed by atoms with Crippen molar-refractivity contribution in [3.8, 4) is 22.8 Å². The molecule has 4 N–H and O–H groups in total. The van der Waals surface area contributed by atoms with Crippen molar-refractivity contribution in [2.75, 3.05) is 17.2 Å². The minimum Gasteiger partial charge on any atom is -0.423 e. The lowest BCUT2D eigenvalue weighted by molar-refractivity contribution is 0.209. The minimum absolute atomic E-state index is 0.135. The molecule has 0 spiro atoms. The number of aliphatic hydroxyl groups is 1. The van der Waals surface area contributed by atoms with Crippen LogP contribution in [0.2, 0.25) is 0 Å². The largest absolute Gasteiger partial charge is 0.491 e. The fourth-order valence-electron chi connectivity index (χ4n) is 4.58. The number of rotatable bonds is 8. The molecular formula is C28H25BN6O4. The molecule has 1 aliphatic rings. The number of aromatic nitrogens is 4. The van der Waals surface area contributed by atoms with Crippen LogP contribution in [-0.2, 0) is 4.65 Å². The van der Waals surface area contributed by atoms with Gasteiger partial charge in [0.15, 0.2) is 0 Å². The van der Waals surface area contributed by atoms with Crippen LogP contribution in [0.5, 0.6) is 0 Å². The molecule has 2 aromatic carbocycles. The summed E-state index contributed by atoms with van der Waals surface area (Å²) in [5.41, 5.74) is 5.34. The lowest BCUT2D eigenvalue weighted by atomic mass is 9.79. The Kier molecular flexibility index (Phi) is 6.76. The summed E-state index contributed by atoms with van der Waals surface area (Å²) >= 11 is 0. The van der Waals surface area contributed by atoms with Crippen molar-refractivity contribution >= 4 is 29.8 Å². The molecule has 4 heterocycles. The Morgan fingerprint density at radius 1 is 1.05 bits per heavy atom. The van der Waals surface area contributed by atoms with Crippen LogP contribution in [0.3, 0.4) is 0 Å². The highest BCUT2D eigenvalue weighted by atomic mass is 16.5. The summed E-state index contributed by atoms with van der Waals surface area (Å²) < 4.78 is 11.1. The zero-order valence-electron chi connectivity index (χ0n) is 21.0. The molecule has 0 aliphatic carbocycles. The molecular weight excluding hydrogens is 495 g/mol. The summed E-state index contributed by atoms with van der Waals surface area (Å²) in [5.74, 6) is 1.24. The predicted molar refractivity (Wildman–Crippen MR) is 147 cm³/mol. The lowest BCUT2D eigenvalue weighted by Gasteiger charge is -2.20. The van der Waals surface area contributed by atoms with Crippen LogP contribution in [0.25, 0.3) is 22.8 Å². The summed E-state index contributed by atoms with van der Waals surface area (Å²) in [6.45, 7) is 1.76. The summed E-state index contributed by atoms with van der Waals surface area (Å²) in [7, 11) is -0.920. The van der Waals surface area contributed by atoms with Crippen LogP contribution in [0.4, 0.5) is 17.2 Å². The van der Waals surface area contributed by atoms with Gasteiger partial charge in [0, 0.05) is 35.9 Å². The standard InChI is InChI=1S/C28H25BN6O4/c1-17-21-12-20(9-10-23(21)29(37)38-17)32-26-13-24(33-25(16-36)18-6-3-2-4-7-18)22(15-31-26)28-34-27(35-39-28)19-8-5-11-30-14-19/h2-15,17,25,36-37H,16H2,1H3,(H2,31,32,33)/t17?,25-/m1/s1. The number of nitrogens with one attached hydrogen (secondary N) is 2. The van der Waals surface area contributed by atoms with E-state index in [4.69, 9.17) is 9.18 Å². The van der Waals surface area contributed by atoms with Crippen LogP contribution in [-0.4, -0.2) is 44.0 Å². The van der Waals surface area contributed by atoms with Crippen LogP contribution >= 0.6 is 0 Å². The van der Waals surface area contributed by atoms with Gasteiger partial charge in [0.1, 0.15) is 5.82 Å². The van der Waals surface area contributed by atoms with Gasteiger partial charge in [-0.25, -0.2) is 4.98 Å². The number of benzene rings is 2. The number of hydrogen-bond acceptors (Lipinski definition) is 10. The van der Waals surface area contributed by atoms with Gasteiger partial charge in [0.2, 0.25) is 5.82 Å². The number of aliphatic hydroxyl groups excluding tert-OH is 1. The first-order chi connectivity index (χ1) is 19.1. The zero-order chi connectivity index (χ0) is 26.8. The molecule has 0 saturated carbocycles. The lowest BCUT2D eigenvalue weighted by Crippen LogP contribution is -2.27. The molecule has 0 saturated heterocycles. The van der Waals surface area contributed by atoms with Crippen molar-refractivity contribution in [1.82, 2.24) is 20.1 Å². The Balaban J connectivity index is 1.35. The van der Waals surface area contributed by atoms with E-state index in [1.807, 2.05) is 67.6 Å². The fraction of sp³-hybridized carbons (Fsp3) is 0.143. The molecule has 1 unspecified atom stereocenters. The number of hydrogen-bond donors (Lipinski definition) is 4. The third-order valence-electron chi connectivity index (χ3n) is 6.59. The van der Waals surface area contributed by atoms with Crippen LogP contribution in [0, 0.1) is 0 Å². The molecule has 5 aromatic rings. The van der Waals surface area contributed by atoms with Crippen molar-refractivity contribution in [2.24, 2.45) is 0 Å². The van der Waals surface area contributed by atoms with E-state index in [0.29, 0.717) is 22.9 Å². The average Bonchev–Trinajstić information content (AvgIpc) is 3.57. The molecule has 2 atom stereocenters. The van der Waals surface area contributed by atoms with Crippen molar-refractivity contribution < 1.29 is 19.3 Å². The van der Waals surface area contributed by atoms with Crippen LogP contribution in [0.1, 0.15) is 30.2 Å². The number of pyridine rings is 2. The summed E-state index contributed by atoms with van der Waals surface area (Å²) in [6.07, 6.45) is 4.77. The molecule has 0 bridgehead atoms. The molecule has 0 radical (unpaired) electrons. The SMILES string of the molecule is CC1OB(O)c2ccc(Nc3cc(N[C@H](CO)c4ccccc4)c(-c4nc(-c5cccnc5)no4)cn3)cc21. The van der Waals surface area contributed by atoms with E-state index in [-0.39, 0.29) is 24.6 Å². The van der Waals surface area contributed by atoms with Crippen molar-refractivity contribution in [1.29, 1.82) is 0 Å². The highest BCUT2D eigenvalue weighted by Crippen LogP contribution is 2.33. The van der Waals surface area contributed by atoms with Gasteiger partial charge < -0.3 is 29.9 Å². The summed E-state index contributed by atoms with van der Waals surface area (Å²) in [4.78, 5) is 13.3. The minimum atomic E-state index is -0.920. The van der Waals surface area contributed by atoms with Gasteiger partial charge in [-0.3, -0.25) is 4.98 Å². The third kappa shape index (κ3) is 5.10. The van der Waals surface area contributed by atoms with E-state index < -0.39 is 7.12 Å². The normalized spacial score (nSPS) is 15.2.